The average molecular weight is 337 g/mol. The van der Waals surface area contributed by atoms with Crippen LogP contribution in [0.5, 0.6) is 11.5 Å². The van der Waals surface area contributed by atoms with Crippen LogP contribution in [0.2, 0.25) is 0 Å². The molecule has 0 N–H and O–H groups in total. The van der Waals surface area contributed by atoms with Gasteiger partial charge in [0.15, 0.2) is 11.0 Å². The number of hydrogen-bond acceptors (Lipinski definition) is 7. The largest absolute Gasteiger partial charge is 0.497 e. The first kappa shape index (κ1) is 17.1. The van der Waals surface area contributed by atoms with Crippen LogP contribution in [0.3, 0.4) is 0 Å². The molecule has 1 atom stereocenters. The normalized spacial score (nSPS) is 11.8. The molecule has 1 aromatic carbocycles. The standard InChI is InChI=1S/C15H19N3O4S/c1-10(14(19)21-4)23-15-17-16-13(18(15)2)9-22-12-7-5-6-11(8-12)20-3/h5-8,10H,9H2,1-4H3. The Balaban J connectivity index is 2.00. The van der Waals surface area contributed by atoms with Gasteiger partial charge in [0.25, 0.3) is 0 Å². The van der Waals surface area contributed by atoms with E-state index >= 15 is 0 Å². The second kappa shape index (κ2) is 7.87. The number of carbonyl (C=O) groups excluding carboxylic acids is 1. The smallest absolute Gasteiger partial charge is 0.318 e. The summed E-state index contributed by atoms with van der Waals surface area (Å²) in [7, 11) is 4.80. The zero-order chi connectivity index (χ0) is 16.8. The molecule has 0 aliphatic heterocycles. The molecule has 0 saturated carbocycles. The van der Waals surface area contributed by atoms with Gasteiger partial charge in [-0.15, -0.1) is 10.2 Å². The number of benzene rings is 1. The van der Waals surface area contributed by atoms with Crippen molar-refractivity contribution in [2.75, 3.05) is 14.2 Å². The molecular weight excluding hydrogens is 318 g/mol. The molecule has 0 radical (unpaired) electrons. The first-order valence-corrected chi connectivity index (χ1v) is 7.82. The third kappa shape index (κ3) is 4.38. The van der Waals surface area contributed by atoms with Crippen LogP contribution in [0.15, 0.2) is 29.4 Å². The van der Waals surface area contributed by atoms with Gasteiger partial charge in [0.2, 0.25) is 0 Å². The predicted molar refractivity (Wildman–Crippen MR) is 85.7 cm³/mol. The number of nitrogens with zero attached hydrogens (tertiary/aromatic N) is 3. The van der Waals surface area contributed by atoms with Crippen LogP contribution in [0.25, 0.3) is 0 Å². The van der Waals surface area contributed by atoms with Crippen LogP contribution in [-0.4, -0.2) is 40.2 Å². The summed E-state index contributed by atoms with van der Waals surface area (Å²) in [5.74, 6) is 1.77. The molecule has 23 heavy (non-hydrogen) atoms. The van der Waals surface area contributed by atoms with Gasteiger partial charge in [0.1, 0.15) is 23.4 Å². The van der Waals surface area contributed by atoms with E-state index in [2.05, 4.69) is 10.2 Å². The fourth-order valence-corrected chi connectivity index (χ4v) is 2.64. The van der Waals surface area contributed by atoms with Crippen LogP contribution in [0.4, 0.5) is 0 Å². The Kier molecular flexibility index (Phi) is 5.86. The molecule has 2 rings (SSSR count). The van der Waals surface area contributed by atoms with E-state index in [1.54, 1.807) is 24.7 Å². The quantitative estimate of drug-likeness (QED) is 0.565. The first-order valence-electron chi connectivity index (χ1n) is 6.94. The van der Waals surface area contributed by atoms with E-state index in [-0.39, 0.29) is 17.8 Å². The third-order valence-corrected chi connectivity index (χ3v) is 4.26. The lowest BCUT2D eigenvalue weighted by Gasteiger charge is -2.09. The van der Waals surface area contributed by atoms with Gasteiger partial charge in [0, 0.05) is 13.1 Å². The third-order valence-electron chi connectivity index (χ3n) is 3.15. The summed E-state index contributed by atoms with van der Waals surface area (Å²) >= 11 is 1.29. The second-order valence-corrected chi connectivity index (χ2v) is 6.02. The summed E-state index contributed by atoms with van der Waals surface area (Å²) in [5, 5.41) is 8.46. The monoisotopic (exact) mass is 337 g/mol. The van der Waals surface area contributed by atoms with Gasteiger partial charge >= 0.3 is 5.97 Å². The number of hydrogen-bond donors (Lipinski definition) is 0. The van der Waals surface area contributed by atoms with Crippen molar-refractivity contribution in [1.82, 2.24) is 14.8 Å². The van der Waals surface area contributed by atoms with Crippen molar-refractivity contribution in [1.29, 1.82) is 0 Å². The Hall–Kier alpha value is -2.22. The maximum atomic E-state index is 11.5. The minimum Gasteiger partial charge on any atom is -0.497 e. The first-order chi connectivity index (χ1) is 11.0. The minimum absolute atomic E-state index is 0.268. The van der Waals surface area contributed by atoms with E-state index < -0.39 is 0 Å². The summed E-state index contributed by atoms with van der Waals surface area (Å²) < 4.78 is 17.3. The molecule has 0 fully saturated rings. The fraction of sp³-hybridized carbons (Fsp3) is 0.400. The van der Waals surface area contributed by atoms with Crippen molar-refractivity contribution in [3.63, 3.8) is 0 Å². The number of methoxy groups -OCH3 is 2. The SMILES string of the molecule is COC(=O)C(C)Sc1nnc(COc2cccc(OC)c2)n1C. The molecule has 2 aromatic rings. The highest BCUT2D eigenvalue weighted by atomic mass is 32.2. The number of esters is 1. The Labute approximate surface area is 138 Å². The zero-order valence-corrected chi connectivity index (χ0v) is 14.3. The maximum absolute atomic E-state index is 11.5. The van der Waals surface area contributed by atoms with E-state index in [1.165, 1.54) is 18.9 Å². The topological polar surface area (TPSA) is 75.5 Å². The molecule has 8 heteroatoms. The summed E-state index contributed by atoms with van der Waals surface area (Å²) in [4.78, 5) is 11.5. The average Bonchev–Trinajstić information content (AvgIpc) is 2.92. The van der Waals surface area contributed by atoms with Crippen LogP contribution in [-0.2, 0) is 23.2 Å². The lowest BCUT2D eigenvalue weighted by Crippen LogP contribution is -2.15. The van der Waals surface area contributed by atoms with E-state index in [0.29, 0.717) is 16.7 Å². The van der Waals surface area contributed by atoms with Crippen molar-refractivity contribution in [2.45, 2.75) is 23.9 Å². The van der Waals surface area contributed by atoms with Crippen molar-refractivity contribution in [3.8, 4) is 11.5 Å². The highest BCUT2D eigenvalue weighted by Gasteiger charge is 2.19. The van der Waals surface area contributed by atoms with Crippen molar-refractivity contribution in [3.05, 3.63) is 30.1 Å². The second-order valence-electron chi connectivity index (χ2n) is 4.71. The van der Waals surface area contributed by atoms with Gasteiger partial charge in [-0.1, -0.05) is 17.8 Å². The molecule has 1 aromatic heterocycles. The number of ether oxygens (including phenoxy) is 3. The summed E-state index contributed by atoms with van der Waals surface area (Å²) in [6, 6.07) is 7.33. The maximum Gasteiger partial charge on any atom is 0.318 e. The molecule has 0 aliphatic carbocycles. The molecule has 0 aliphatic rings. The molecular formula is C15H19N3O4S. The van der Waals surface area contributed by atoms with Crippen LogP contribution < -0.4 is 9.47 Å². The lowest BCUT2D eigenvalue weighted by molar-refractivity contribution is -0.139. The number of rotatable bonds is 7. The number of thioether (sulfide) groups is 1. The number of carbonyl (C=O) groups is 1. The molecule has 0 spiro atoms. The number of aromatic nitrogens is 3. The lowest BCUT2D eigenvalue weighted by atomic mass is 10.3. The minimum atomic E-state index is -0.352. The molecule has 7 nitrogen and oxygen atoms in total. The van der Waals surface area contributed by atoms with Crippen LogP contribution >= 0.6 is 11.8 Å². The van der Waals surface area contributed by atoms with E-state index in [1.807, 2.05) is 25.2 Å². The van der Waals surface area contributed by atoms with Gasteiger partial charge in [0.05, 0.1) is 14.2 Å². The van der Waals surface area contributed by atoms with E-state index in [4.69, 9.17) is 14.2 Å². The molecule has 124 valence electrons. The Morgan fingerprint density at radius 1 is 1.30 bits per heavy atom. The predicted octanol–water partition coefficient (Wildman–Crippen LogP) is 2.06. The molecule has 1 unspecified atom stereocenters. The summed E-state index contributed by atoms with van der Waals surface area (Å²) in [6.07, 6.45) is 0. The van der Waals surface area contributed by atoms with Crippen LogP contribution in [0.1, 0.15) is 12.7 Å². The van der Waals surface area contributed by atoms with Gasteiger partial charge in [-0.2, -0.15) is 0 Å². The Morgan fingerprint density at radius 2 is 2.04 bits per heavy atom. The van der Waals surface area contributed by atoms with E-state index in [9.17, 15) is 4.79 Å². The Morgan fingerprint density at radius 3 is 2.74 bits per heavy atom. The highest BCUT2D eigenvalue weighted by Crippen LogP contribution is 2.23. The fourth-order valence-electron chi connectivity index (χ4n) is 1.78. The molecule has 1 heterocycles. The van der Waals surface area contributed by atoms with Crippen LogP contribution in [0, 0.1) is 0 Å². The van der Waals surface area contributed by atoms with Gasteiger partial charge in [-0.3, -0.25) is 4.79 Å². The van der Waals surface area contributed by atoms with Crippen molar-refractivity contribution >= 4 is 17.7 Å². The van der Waals surface area contributed by atoms with Gasteiger partial charge in [-0.05, 0) is 19.1 Å². The van der Waals surface area contributed by atoms with Crippen molar-refractivity contribution in [2.24, 2.45) is 7.05 Å². The highest BCUT2D eigenvalue weighted by molar-refractivity contribution is 8.00. The van der Waals surface area contributed by atoms with Gasteiger partial charge in [-0.25, -0.2) is 0 Å². The Bertz CT molecular complexity index is 674. The summed E-state index contributed by atoms with van der Waals surface area (Å²) in [6.45, 7) is 2.03. The van der Waals surface area contributed by atoms with Crippen molar-refractivity contribution < 1.29 is 19.0 Å². The van der Waals surface area contributed by atoms with Gasteiger partial charge < -0.3 is 18.8 Å². The summed E-state index contributed by atoms with van der Waals surface area (Å²) in [5.41, 5.74) is 0. The zero-order valence-electron chi connectivity index (χ0n) is 13.5. The molecule has 0 bridgehead atoms. The molecule has 0 saturated heterocycles. The molecule has 0 amide bonds. The van der Waals surface area contributed by atoms with E-state index in [0.717, 1.165) is 5.75 Å².